The molecular weight excluding hydrogens is 362 g/mol. The van der Waals surface area contributed by atoms with Crippen molar-refractivity contribution in [3.63, 3.8) is 0 Å². The second-order valence-electron chi connectivity index (χ2n) is 5.92. The molecule has 0 fully saturated rings. The molecule has 1 N–H and O–H groups in total. The van der Waals surface area contributed by atoms with Gasteiger partial charge in [0.1, 0.15) is 11.5 Å². The summed E-state index contributed by atoms with van der Waals surface area (Å²) < 4.78 is 10.8. The Balaban J connectivity index is 2.90. The van der Waals surface area contributed by atoms with Crippen molar-refractivity contribution in [1.29, 1.82) is 0 Å². The number of H-pyrrole nitrogens is 1. The number of rotatable bonds is 7. The zero-order valence-electron chi connectivity index (χ0n) is 16.5. The molecule has 144 valence electrons. The van der Waals surface area contributed by atoms with Crippen LogP contribution in [0.5, 0.6) is 0 Å². The number of fused-ring (bicyclic) bond motifs is 1. The van der Waals surface area contributed by atoms with Gasteiger partial charge in [0.15, 0.2) is 0 Å². The van der Waals surface area contributed by atoms with Crippen LogP contribution >= 0.6 is 11.6 Å². The molecule has 1 aromatic carbocycles. The predicted molar refractivity (Wildman–Crippen MR) is 112 cm³/mol. The lowest BCUT2D eigenvalue weighted by molar-refractivity contribution is 0.0520. The Morgan fingerprint density at radius 2 is 1.96 bits per heavy atom. The number of halogens is 1. The number of methoxy groups -OCH3 is 1. The Bertz CT molecular complexity index is 919. The number of hydrogen-bond acceptors (Lipinski definition) is 3. The molecule has 4 nitrogen and oxygen atoms in total. The molecule has 1 aromatic heterocycles. The van der Waals surface area contributed by atoms with E-state index >= 15 is 0 Å². The first-order valence-electron chi connectivity index (χ1n) is 9.06. The summed E-state index contributed by atoms with van der Waals surface area (Å²) in [6.45, 7) is 7.92. The highest BCUT2D eigenvalue weighted by atomic mass is 35.5. The quantitative estimate of drug-likeness (QED) is 0.361. The van der Waals surface area contributed by atoms with Crippen LogP contribution in [0.2, 0.25) is 0 Å². The minimum atomic E-state index is -0.407. The zero-order valence-corrected chi connectivity index (χ0v) is 17.2. The van der Waals surface area contributed by atoms with Crippen molar-refractivity contribution in [2.45, 2.75) is 34.1 Å². The van der Waals surface area contributed by atoms with Gasteiger partial charge in [-0.05, 0) is 57.0 Å². The van der Waals surface area contributed by atoms with Gasteiger partial charge in [-0.3, -0.25) is 0 Å². The molecule has 0 aliphatic heterocycles. The summed E-state index contributed by atoms with van der Waals surface area (Å²) >= 11 is 6.31. The number of benzene rings is 1. The van der Waals surface area contributed by atoms with E-state index in [1.807, 2.05) is 38.1 Å². The summed E-state index contributed by atoms with van der Waals surface area (Å²) in [5, 5.41) is 1.48. The van der Waals surface area contributed by atoms with Crippen molar-refractivity contribution in [3.8, 4) is 0 Å². The van der Waals surface area contributed by atoms with Crippen molar-refractivity contribution in [3.05, 3.63) is 64.0 Å². The van der Waals surface area contributed by atoms with Crippen LogP contribution in [0.4, 0.5) is 0 Å². The van der Waals surface area contributed by atoms with E-state index in [0.29, 0.717) is 23.1 Å². The Hall–Kier alpha value is -2.46. The molecular formula is C22H26ClNO3. The van der Waals surface area contributed by atoms with E-state index in [0.717, 1.165) is 28.5 Å². The van der Waals surface area contributed by atoms with Crippen LogP contribution in [0.15, 0.2) is 47.2 Å². The van der Waals surface area contributed by atoms with Gasteiger partial charge >= 0.3 is 5.97 Å². The number of nitrogens with one attached hydrogen (secondary N) is 1. The van der Waals surface area contributed by atoms with E-state index in [1.54, 1.807) is 20.1 Å². The SMILES string of the molecule is C\C=C(Cl)/C=C(\C(=C/C)OC)c1c(C(=O)OCC)[nH]c2ccc(CC)cc12. The maximum Gasteiger partial charge on any atom is 0.355 e. The number of aromatic amines is 1. The monoisotopic (exact) mass is 387 g/mol. The van der Waals surface area contributed by atoms with Gasteiger partial charge in [0.2, 0.25) is 0 Å². The third-order valence-corrected chi connectivity index (χ3v) is 4.65. The van der Waals surface area contributed by atoms with Crippen LogP contribution in [0.1, 0.15) is 49.3 Å². The third-order valence-electron chi connectivity index (χ3n) is 4.33. The van der Waals surface area contributed by atoms with Gasteiger partial charge in [-0.2, -0.15) is 0 Å². The number of aryl methyl sites for hydroxylation is 1. The number of carbonyl (C=O) groups excluding carboxylic acids is 1. The van der Waals surface area contributed by atoms with Gasteiger partial charge in [0, 0.05) is 27.1 Å². The normalized spacial score (nSPS) is 13.2. The van der Waals surface area contributed by atoms with Crippen molar-refractivity contribution in [1.82, 2.24) is 4.98 Å². The Kier molecular flexibility index (Phi) is 7.31. The zero-order chi connectivity index (χ0) is 20.0. The van der Waals surface area contributed by atoms with E-state index < -0.39 is 5.97 Å². The van der Waals surface area contributed by atoms with E-state index in [-0.39, 0.29) is 0 Å². The summed E-state index contributed by atoms with van der Waals surface area (Å²) in [4.78, 5) is 15.9. The molecule has 0 bridgehead atoms. The largest absolute Gasteiger partial charge is 0.496 e. The molecule has 0 unspecified atom stereocenters. The van der Waals surface area contributed by atoms with Crippen LogP contribution in [0, 0.1) is 0 Å². The summed E-state index contributed by atoms with van der Waals surface area (Å²) in [6.07, 6.45) is 6.35. The lowest BCUT2D eigenvalue weighted by Crippen LogP contribution is -2.08. The molecule has 5 heteroatoms. The molecule has 0 radical (unpaired) electrons. The smallest absolute Gasteiger partial charge is 0.355 e. The summed E-state index contributed by atoms with van der Waals surface area (Å²) in [5.74, 6) is 0.221. The number of carbonyl (C=O) groups is 1. The molecule has 0 aliphatic rings. The average molecular weight is 388 g/mol. The molecule has 1 heterocycles. The number of hydrogen-bond donors (Lipinski definition) is 1. The van der Waals surface area contributed by atoms with E-state index in [9.17, 15) is 4.79 Å². The highest BCUT2D eigenvalue weighted by molar-refractivity contribution is 6.32. The molecule has 0 spiro atoms. The van der Waals surface area contributed by atoms with Gasteiger partial charge in [-0.1, -0.05) is 30.7 Å². The second-order valence-corrected chi connectivity index (χ2v) is 6.35. The molecule has 0 amide bonds. The number of allylic oxidation sites excluding steroid dienone is 5. The maximum atomic E-state index is 12.7. The molecule has 0 aliphatic carbocycles. The van der Waals surface area contributed by atoms with Gasteiger partial charge in [0.25, 0.3) is 0 Å². The highest BCUT2D eigenvalue weighted by Gasteiger charge is 2.24. The van der Waals surface area contributed by atoms with E-state index in [1.165, 1.54) is 5.56 Å². The van der Waals surface area contributed by atoms with Gasteiger partial charge in [-0.25, -0.2) is 4.79 Å². The van der Waals surface area contributed by atoms with Crippen LogP contribution in [0.3, 0.4) is 0 Å². The lowest BCUT2D eigenvalue weighted by Gasteiger charge is -2.13. The molecule has 2 aromatic rings. The van der Waals surface area contributed by atoms with Crippen molar-refractivity contribution in [2.24, 2.45) is 0 Å². The maximum absolute atomic E-state index is 12.7. The van der Waals surface area contributed by atoms with Crippen LogP contribution in [0.25, 0.3) is 16.5 Å². The van der Waals surface area contributed by atoms with E-state index in [2.05, 4.69) is 18.0 Å². The standard InChI is InChI=1S/C22H26ClNO3/c1-6-14-10-11-18-16(12-14)20(21(24-18)22(25)27-9-4)17(13-15(23)7-2)19(8-3)26-5/h7-8,10-13,24H,6,9H2,1-5H3/b15-7+,17-13+,19-8+. The second kappa shape index (κ2) is 9.47. The van der Waals surface area contributed by atoms with Gasteiger partial charge < -0.3 is 14.5 Å². The van der Waals surface area contributed by atoms with Gasteiger partial charge in [-0.15, -0.1) is 0 Å². The van der Waals surface area contributed by atoms with Crippen molar-refractivity contribution < 1.29 is 14.3 Å². The summed E-state index contributed by atoms with van der Waals surface area (Å²) in [5.41, 5.74) is 3.89. The van der Waals surface area contributed by atoms with Crippen molar-refractivity contribution in [2.75, 3.05) is 13.7 Å². The Morgan fingerprint density at radius 1 is 1.22 bits per heavy atom. The van der Waals surface area contributed by atoms with Crippen LogP contribution in [-0.2, 0) is 15.9 Å². The fraction of sp³-hybridized carbons (Fsp3) is 0.318. The number of aromatic nitrogens is 1. The molecule has 0 saturated heterocycles. The first-order valence-corrected chi connectivity index (χ1v) is 9.44. The number of ether oxygens (including phenoxy) is 2. The third kappa shape index (κ3) is 4.45. The van der Waals surface area contributed by atoms with Gasteiger partial charge in [0.05, 0.1) is 13.7 Å². The first-order chi connectivity index (χ1) is 13.0. The topological polar surface area (TPSA) is 51.3 Å². The highest BCUT2D eigenvalue weighted by Crippen LogP contribution is 2.36. The fourth-order valence-electron chi connectivity index (χ4n) is 2.97. The fourth-order valence-corrected chi connectivity index (χ4v) is 3.08. The lowest BCUT2D eigenvalue weighted by atomic mass is 9.97. The van der Waals surface area contributed by atoms with Crippen LogP contribution in [-0.4, -0.2) is 24.7 Å². The van der Waals surface area contributed by atoms with Crippen molar-refractivity contribution >= 4 is 34.0 Å². The molecule has 27 heavy (non-hydrogen) atoms. The van der Waals surface area contributed by atoms with Crippen LogP contribution < -0.4 is 0 Å². The molecule has 0 saturated carbocycles. The Labute approximate surface area is 165 Å². The average Bonchev–Trinajstić information content (AvgIpc) is 3.06. The minimum absolute atomic E-state index is 0.295. The number of esters is 1. The molecule has 0 atom stereocenters. The first kappa shape index (κ1) is 20.8. The Morgan fingerprint density at radius 3 is 2.52 bits per heavy atom. The predicted octanol–water partition coefficient (Wildman–Crippen LogP) is 5.98. The summed E-state index contributed by atoms with van der Waals surface area (Å²) in [6, 6.07) is 6.12. The minimum Gasteiger partial charge on any atom is -0.496 e. The summed E-state index contributed by atoms with van der Waals surface area (Å²) in [7, 11) is 1.60. The molecule has 2 rings (SSSR count). The van der Waals surface area contributed by atoms with E-state index in [4.69, 9.17) is 21.1 Å².